The van der Waals surface area contributed by atoms with Gasteiger partial charge in [0.15, 0.2) is 5.78 Å². The fraction of sp³-hybridized carbons (Fsp3) is 0.692. The Morgan fingerprint density at radius 3 is 2.59 bits per heavy atom. The van der Waals surface area contributed by atoms with Crippen molar-refractivity contribution in [1.29, 1.82) is 0 Å². The summed E-state index contributed by atoms with van der Waals surface area (Å²) in [4.78, 5) is 11.7. The molecule has 0 N–H and O–H groups in total. The Morgan fingerprint density at radius 1 is 1.47 bits per heavy atom. The van der Waals surface area contributed by atoms with Crippen molar-refractivity contribution >= 4 is 5.78 Å². The molecule has 0 radical (unpaired) electrons. The highest BCUT2D eigenvalue weighted by Gasteiger charge is 2.14. The molecule has 0 aliphatic heterocycles. The predicted molar refractivity (Wildman–Crippen MR) is 67.0 cm³/mol. The lowest BCUT2D eigenvalue weighted by molar-refractivity contribution is -0.127. The first-order valence-electron chi connectivity index (χ1n) is 5.99. The topological polar surface area (TPSA) is 44.1 Å². The number of aryl methyl sites for hydroxylation is 2. The fourth-order valence-corrected chi connectivity index (χ4v) is 1.46. The Kier molecular flexibility index (Phi) is 4.46. The van der Waals surface area contributed by atoms with Gasteiger partial charge in [-0.1, -0.05) is 6.92 Å². The van der Waals surface area contributed by atoms with E-state index >= 15 is 0 Å². The molecule has 17 heavy (non-hydrogen) atoms. The first-order chi connectivity index (χ1) is 7.81. The molecule has 1 aromatic rings. The van der Waals surface area contributed by atoms with E-state index in [1.165, 1.54) is 0 Å². The molecule has 0 aromatic carbocycles. The molecule has 96 valence electrons. The lowest BCUT2D eigenvalue weighted by atomic mass is 10.1. The summed E-state index contributed by atoms with van der Waals surface area (Å²) in [7, 11) is 1.87. The van der Waals surface area contributed by atoms with Crippen LogP contribution in [-0.4, -0.2) is 27.8 Å². The molecular formula is C13H22N2O2. The van der Waals surface area contributed by atoms with Crippen molar-refractivity contribution in [2.24, 2.45) is 7.05 Å². The van der Waals surface area contributed by atoms with Gasteiger partial charge in [0.1, 0.15) is 6.61 Å². The molecule has 0 saturated heterocycles. The second-order valence-corrected chi connectivity index (χ2v) is 5.22. The summed E-state index contributed by atoms with van der Waals surface area (Å²) < 4.78 is 7.23. The smallest absolute Gasteiger partial charge is 0.164 e. The lowest BCUT2D eigenvalue weighted by Gasteiger charge is -2.18. The molecular weight excluding hydrogens is 216 g/mol. The highest BCUT2D eigenvalue weighted by atomic mass is 16.5. The third kappa shape index (κ3) is 4.69. The number of Topliss-reactive ketones (excluding diaryl/α,β-unsaturated/α-hetero) is 1. The predicted octanol–water partition coefficient (Wildman–Crippen LogP) is 1.91. The number of hydrogen-bond acceptors (Lipinski definition) is 3. The van der Waals surface area contributed by atoms with Crippen molar-refractivity contribution in [3.63, 3.8) is 0 Å². The Hall–Kier alpha value is -1.16. The Labute approximate surface area is 103 Å². The number of ketones is 1. The van der Waals surface area contributed by atoms with Crippen LogP contribution < -0.4 is 0 Å². The number of ether oxygens (including phenoxy) is 1. The minimum Gasteiger partial charge on any atom is -0.368 e. The van der Waals surface area contributed by atoms with E-state index in [0.717, 1.165) is 17.8 Å². The molecule has 0 bridgehead atoms. The Morgan fingerprint density at radius 2 is 2.12 bits per heavy atom. The van der Waals surface area contributed by atoms with Crippen molar-refractivity contribution < 1.29 is 9.53 Å². The van der Waals surface area contributed by atoms with E-state index in [9.17, 15) is 4.79 Å². The van der Waals surface area contributed by atoms with Crippen LogP contribution in [0, 0.1) is 0 Å². The number of carbonyl (C=O) groups is 1. The van der Waals surface area contributed by atoms with Crippen LogP contribution in [0.25, 0.3) is 0 Å². The van der Waals surface area contributed by atoms with Gasteiger partial charge >= 0.3 is 0 Å². The van der Waals surface area contributed by atoms with Gasteiger partial charge in [-0.2, -0.15) is 5.10 Å². The van der Waals surface area contributed by atoms with Crippen LogP contribution in [-0.2, 0) is 29.4 Å². The average Bonchev–Trinajstić information content (AvgIpc) is 2.56. The van der Waals surface area contributed by atoms with Gasteiger partial charge in [-0.15, -0.1) is 0 Å². The van der Waals surface area contributed by atoms with Crippen molar-refractivity contribution in [2.75, 3.05) is 6.61 Å². The molecule has 0 amide bonds. The van der Waals surface area contributed by atoms with Crippen LogP contribution in [0.15, 0.2) is 6.07 Å². The number of carbonyl (C=O) groups excluding carboxylic acids is 1. The van der Waals surface area contributed by atoms with Crippen LogP contribution in [0.3, 0.4) is 0 Å². The van der Waals surface area contributed by atoms with E-state index in [1.807, 2.05) is 33.9 Å². The quantitative estimate of drug-likeness (QED) is 0.787. The molecule has 0 fully saturated rings. The van der Waals surface area contributed by atoms with Gasteiger partial charge in [0.25, 0.3) is 0 Å². The fourth-order valence-electron chi connectivity index (χ4n) is 1.46. The summed E-state index contributed by atoms with van der Waals surface area (Å²) in [5.74, 6) is 0.0885. The number of aromatic nitrogens is 2. The summed E-state index contributed by atoms with van der Waals surface area (Å²) in [6, 6.07) is 1.98. The van der Waals surface area contributed by atoms with E-state index in [4.69, 9.17) is 4.74 Å². The minimum atomic E-state index is -0.267. The summed E-state index contributed by atoms with van der Waals surface area (Å²) in [5.41, 5.74) is 1.70. The van der Waals surface area contributed by atoms with Gasteiger partial charge < -0.3 is 4.74 Å². The maximum atomic E-state index is 11.7. The van der Waals surface area contributed by atoms with Crippen molar-refractivity contribution in [2.45, 2.75) is 46.1 Å². The maximum absolute atomic E-state index is 11.7. The first-order valence-corrected chi connectivity index (χ1v) is 5.99. The minimum absolute atomic E-state index is 0.0885. The van der Waals surface area contributed by atoms with Gasteiger partial charge in [-0.3, -0.25) is 9.48 Å². The highest BCUT2D eigenvalue weighted by Crippen LogP contribution is 2.09. The average molecular weight is 238 g/mol. The zero-order valence-electron chi connectivity index (χ0n) is 11.4. The monoisotopic (exact) mass is 238 g/mol. The molecule has 1 rings (SSSR count). The Balaban J connectivity index is 2.53. The number of rotatable bonds is 5. The van der Waals surface area contributed by atoms with Gasteiger partial charge in [0.05, 0.1) is 17.7 Å². The van der Waals surface area contributed by atoms with Crippen LogP contribution in [0.2, 0.25) is 0 Å². The van der Waals surface area contributed by atoms with Crippen molar-refractivity contribution in [3.05, 3.63) is 17.5 Å². The van der Waals surface area contributed by atoms with Crippen LogP contribution in [0.4, 0.5) is 0 Å². The SMILES string of the molecule is CCc1cc(CC(=O)COC(C)(C)C)n(C)n1. The normalized spacial score (nSPS) is 11.8. The van der Waals surface area contributed by atoms with E-state index in [0.29, 0.717) is 6.42 Å². The molecule has 4 nitrogen and oxygen atoms in total. The third-order valence-electron chi connectivity index (χ3n) is 2.43. The third-order valence-corrected chi connectivity index (χ3v) is 2.43. The van der Waals surface area contributed by atoms with E-state index in [2.05, 4.69) is 12.0 Å². The molecule has 0 aliphatic rings. The van der Waals surface area contributed by atoms with E-state index in [1.54, 1.807) is 4.68 Å². The zero-order valence-corrected chi connectivity index (χ0v) is 11.4. The highest BCUT2D eigenvalue weighted by molar-refractivity contribution is 5.81. The maximum Gasteiger partial charge on any atom is 0.164 e. The molecule has 0 saturated carbocycles. The van der Waals surface area contributed by atoms with Crippen LogP contribution in [0.5, 0.6) is 0 Å². The van der Waals surface area contributed by atoms with E-state index in [-0.39, 0.29) is 18.0 Å². The van der Waals surface area contributed by atoms with Crippen LogP contribution >= 0.6 is 0 Å². The molecule has 1 aromatic heterocycles. The number of hydrogen-bond donors (Lipinski definition) is 0. The second kappa shape index (κ2) is 5.45. The van der Waals surface area contributed by atoms with Gasteiger partial charge in [-0.25, -0.2) is 0 Å². The Bertz CT molecular complexity index is 389. The molecule has 0 spiro atoms. The summed E-state index contributed by atoms with van der Waals surface area (Å²) in [5, 5.41) is 4.31. The van der Waals surface area contributed by atoms with Gasteiger partial charge in [0.2, 0.25) is 0 Å². The second-order valence-electron chi connectivity index (χ2n) is 5.22. The largest absolute Gasteiger partial charge is 0.368 e. The number of nitrogens with zero attached hydrogens (tertiary/aromatic N) is 2. The molecule has 0 aliphatic carbocycles. The van der Waals surface area contributed by atoms with Gasteiger partial charge in [0, 0.05) is 12.7 Å². The lowest BCUT2D eigenvalue weighted by Crippen LogP contribution is -2.24. The van der Waals surface area contributed by atoms with Gasteiger partial charge in [-0.05, 0) is 33.3 Å². The molecule has 4 heteroatoms. The summed E-state index contributed by atoms with van der Waals surface area (Å²) in [6.07, 6.45) is 1.28. The zero-order chi connectivity index (χ0) is 13.1. The molecule has 0 atom stereocenters. The molecule has 1 heterocycles. The van der Waals surface area contributed by atoms with Crippen LogP contribution in [0.1, 0.15) is 39.1 Å². The molecule has 0 unspecified atom stereocenters. The van der Waals surface area contributed by atoms with E-state index < -0.39 is 0 Å². The van der Waals surface area contributed by atoms with Crippen molar-refractivity contribution in [1.82, 2.24) is 9.78 Å². The standard InChI is InChI=1S/C13H22N2O2/c1-6-10-7-11(15(5)14-10)8-12(16)9-17-13(2,3)4/h7H,6,8-9H2,1-5H3. The summed E-state index contributed by atoms with van der Waals surface area (Å²) in [6.45, 7) is 8.05. The summed E-state index contributed by atoms with van der Waals surface area (Å²) >= 11 is 0. The first kappa shape index (κ1) is 13.9. The van der Waals surface area contributed by atoms with Crippen molar-refractivity contribution in [3.8, 4) is 0 Å².